The van der Waals surface area contributed by atoms with E-state index in [2.05, 4.69) is 48.1 Å². The standard InChI is InChI=1S/C32H31FN4/c1-19(2)13-23-15-25-16-24(17-28(33)31(25)36-20(23)3)26-8-4-5-9-30-27(26)18-35-32(37-30)22-10-11-29-21(14-22)7-6-12-34-29/h6-8,10-12,14,16-19,23H,4-5,9,13,15H2,1-3H3/t23-/m0/s1. The molecular formula is C32H31FN4. The van der Waals surface area contributed by atoms with Gasteiger partial charge in [0, 0.05) is 40.5 Å². The van der Waals surface area contributed by atoms with Crippen molar-refractivity contribution in [2.24, 2.45) is 16.8 Å². The van der Waals surface area contributed by atoms with E-state index in [-0.39, 0.29) is 5.82 Å². The number of halogens is 1. The summed E-state index contributed by atoms with van der Waals surface area (Å²) in [5.41, 5.74) is 8.41. The third-order valence-electron chi connectivity index (χ3n) is 7.54. The Morgan fingerprint density at radius 1 is 1.05 bits per heavy atom. The molecule has 0 unspecified atom stereocenters. The molecule has 2 aromatic heterocycles. The van der Waals surface area contributed by atoms with E-state index in [1.807, 2.05) is 31.3 Å². The Balaban J connectivity index is 1.38. The molecule has 0 spiro atoms. The Morgan fingerprint density at radius 2 is 1.95 bits per heavy atom. The third-order valence-corrected chi connectivity index (χ3v) is 7.54. The Morgan fingerprint density at radius 3 is 2.81 bits per heavy atom. The van der Waals surface area contributed by atoms with Gasteiger partial charge in [-0.25, -0.2) is 14.4 Å². The van der Waals surface area contributed by atoms with Gasteiger partial charge in [-0.2, -0.15) is 0 Å². The van der Waals surface area contributed by atoms with Crippen molar-refractivity contribution >= 4 is 27.9 Å². The van der Waals surface area contributed by atoms with E-state index in [1.54, 1.807) is 12.3 Å². The van der Waals surface area contributed by atoms with Gasteiger partial charge in [0.25, 0.3) is 0 Å². The number of aryl methyl sites for hydroxylation is 1. The number of aromatic nitrogens is 3. The SMILES string of the molecule is CC1=Nc2c(F)cc(C3=CCCCc4nc(-c5ccc6ncccc6c5)ncc43)cc2C[C@@H]1CC(C)C. The van der Waals surface area contributed by atoms with Gasteiger partial charge in [0.1, 0.15) is 11.5 Å². The van der Waals surface area contributed by atoms with Crippen molar-refractivity contribution in [3.05, 3.63) is 89.1 Å². The maximum Gasteiger partial charge on any atom is 0.159 e. The summed E-state index contributed by atoms with van der Waals surface area (Å²) < 4.78 is 15.4. The summed E-state index contributed by atoms with van der Waals surface area (Å²) in [6.07, 6.45) is 10.6. The van der Waals surface area contributed by atoms with Crippen molar-refractivity contribution < 1.29 is 4.39 Å². The summed E-state index contributed by atoms with van der Waals surface area (Å²) in [6, 6.07) is 13.9. The van der Waals surface area contributed by atoms with Crippen LogP contribution in [-0.4, -0.2) is 20.7 Å². The summed E-state index contributed by atoms with van der Waals surface area (Å²) in [5.74, 6) is 1.40. The lowest BCUT2D eigenvalue weighted by atomic mass is 9.84. The number of benzene rings is 2. The number of hydrogen-bond acceptors (Lipinski definition) is 4. The zero-order valence-electron chi connectivity index (χ0n) is 21.6. The van der Waals surface area contributed by atoms with E-state index in [4.69, 9.17) is 9.97 Å². The maximum absolute atomic E-state index is 15.4. The van der Waals surface area contributed by atoms with Gasteiger partial charge in [-0.15, -0.1) is 0 Å². The molecule has 1 aliphatic heterocycles. The van der Waals surface area contributed by atoms with Crippen LogP contribution in [0.1, 0.15) is 62.4 Å². The first kappa shape index (κ1) is 23.7. The smallest absolute Gasteiger partial charge is 0.159 e. The van der Waals surface area contributed by atoms with Crippen LogP contribution in [-0.2, 0) is 12.8 Å². The van der Waals surface area contributed by atoms with Crippen molar-refractivity contribution in [2.45, 2.75) is 52.9 Å². The van der Waals surface area contributed by atoms with Gasteiger partial charge >= 0.3 is 0 Å². The normalized spacial score (nSPS) is 17.2. The number of rotatable bonds is 4. The average molecular weight is 491 g/mol. The fraction of sp³-hybridized carbons (Fsp3) is 0.312. The van der Waals surface area contributed by atoms with Gasteiger partial charge in [-0.1, -0.05) is 26.0 Å². The van der Waals surface area contributed by atoms with Crippen molar-refractivity contribution in [2.75, 3.05) is 0 Å². The van der Waals surface area contributed by atoms with Crippen LogP contribution in [0.15, 0.2) is 65.9 Å². The summed E-state index contributed by atoms with van der Waals surface area (Å²) in [5, 5.41) is 1.07. The molecule has 37 heavy (non-hydrogen) atoms. The first-order valence-electron chi connectivity index (χ1n) is 13.3. The molecule has 4 aromatic rings. The van der Waals surface area contributed by atoms with Gasteiger partial charge in [0.2, 0.25) is 0 Å². The predicted molar refractivity (Wildman–Crippen MR) is 149 cm³/mol. The Bertz CT molecular complexity index is 1570. The van der Waals surface area contributed by atoms with E-state index < -0.39 is 0 Å². The maximum atomic E-state index is 15.4. The highest BCUT2D eigenvalue weighted by Crippen LogP contribution is 2.38. The van der Waals surface area contributed by atoms with Crippen LogP contribution in [0.3, 0.4) is 0 Å². The van der Waals surface area contributed by atoms with Gasteiger partial charge in [0.15, 0.2) is 5.82 Å². The van der Waals surface area contributed by atoms with Crippen molar-refractivity contribution in [1.29, 1.82) is 0 Å². The second kappa shape index (κ2) is 9.62. The van der Waals surface area contributed by atoms with Crippen LogP contribution in [0, 0.1) is 17.7 Å². The molecule has 0 bridgehead atoms. The Labute approximate surface area is 217 Å². The molecule has 2 aromatic carbocycles. The minimum absolute atomic E-state index is 0.246. The molecule has 1 atom stereocenters. The van der Waals surface area contributed by atoms with Crippen LogP contribution in [0.5, 0.6) is 0 Å². The lowest BCUT2D eigenvalue weighted by Gasteiger charge is -2.25. The van der Waals surface area contributed by atoms with E-state index in [1.165, 1.54) is 0 Å². The largest absolute Gasteiger partial charge is 0.256 e. The lowest BCUT2D eigenvalue weighted by molar-refractivity contribution is 0.487. The molecular weight excluding hydrogens is 459 g/mol. The topological polar surface area (TPSA) is 51.0 Å². The van der Waals surface area contributed by atoms with Gasteiger partial charge in [-0.05, 0) is 98.0 Å². The monoisotopic (exact) mass is 490 g/mol. The molecule has 2 aliphatic rings. The minimum Gasteiger partial charge on any atom is -0.256 e. The van der Waals surface area contributed by atoms with Gasteiger partial charge in [0.05, 0.1) is 11.2 Å². The first-order chi connectivity index (χ1) is 18.0. The van der Waals surface area contributed by atoms with Crippen LogP contribution in [0.25, 0.3) is 27.9 Å². The molecule has 6 rings (SSSR count). The average Bonchev–Trinajstić information content (AvgIpc) is 3.11. The number of aliphatic imine (C=N–C) groups is 1. The number of pyridine rings is 1. The second-order valence-corrected chi connectivity index (χ2v) is 10.7. The second-order valence-electron chi connectivity index (χ2n) is 10.7. The fourth-order valence-corrected chi connectivity index (χ4v) is 5.68. The molecule has 1 aliphatic carbocycles. The molecule has 0 radical (unpaired) electrons. The van der Waals surface area contributed by atoms with E-state index >= 15 is 4.39 Å². The summed E-state index contributed by atoms with van der Waals surface area (Å²) in [6.45, 7) is 6.50. The van der Waals surface area contributed by atoms with Gasteiger partial charge in [-0.3, -0.25) is 9.98 Å². The molecule has 0 fully saturated rings. The summed E-state index contributed by atoms with van der Waals surface area (Å²) in [7, 11) is 0. The van der Waals surface area contributed by atoms with Gasteiger partial charge < -0.3 is 0 Å². The molecule has 4 nitrogen and oxygen atoms in total. The van der Waals surface area contributed by atoms with Crippen LogP contribution < -0.4 is 0 Å². The lowest BCUT2D eigenvalue weighted by Crippen LogP contribution is -2.20. The Kier molecular flexibility index (Phi) is 6.15. The van der Waals surface area contributed by atoms with E-state index in [9.17, 15) is 0 Å². The minimum atomic E-state index is -0.246. The molecule has 0 saturated carbocycles. The van der Waals surface area contributed by atoms with Crippen LogP contribution in [0.4, 0.5) is 10.1 Å². The van der Waals surface area contributed by atoms with Crippen LogP contribution >= 0.6 is 0 Å². The molecule has 3 heterocycles. The molecule has 0 amide bonds. The fourth-order valence-electron chi connectivity index (χ4n) is 5.68. The predicted octanol–water partition coefficient (Wildman–Crippen LogP) is 7.91. The van der Waals surface area contributed by atoms with Crippen molar-refractivity contribution in [1.82, 2.24) is 15.0 Å². The van der Waals surface area contributed by atoms with E-state index in [0.29, 0.717) is 23.3 Å². The molecule has 5 heteroatoms. The number of allylic oxidation sites excluding steroid dienone is 1. The van der Waals surface area contributed by atoms with Crippen molar-refractivity contribution in [3.8, 4) is 11.4 Å². The molecule has 0 saturated heterocycles. The molecule has 0 N–H and O–H groups in total. The highest BCUT2D eigenvalue weighted by molar-refractivity contribution is 5.90. The third kappa shape index (κ3) is 4.59. The zero-order valence-corrected chi connectivity index (χ0v) is 21.6. The van der Waals surface area contributed by atoms with Crippen LogP contribution in [0.2, 0.25) is 0 Å². The number of nitrogens with zero attached hydrogens (tertiary/aromatic N) is 4. The summed E-state index contributed by atoms with van der Waals surface area (Å²) >= 11 is 0. The first-order valence-corrected chi connectivity index (χ1v) is 13.3. The molecule has 186 valence electrons. The highest BCUT2D eigenvalue weighted by Gasteiger charge is 2.25. The number of hydrogen-bond donors (Lipinski definition) is 0. The zero-order chi connectivity index (χ0) is 25.5. The quantitative estimate of drug-likeness (QED) is 0.292. The van der Waals surface area contributed by atoms with Crippen molar-refractivity contribution in [3.63, 3.8) is 0 Å². The summed E-state index contributed by atoms with van der Waals surface area (Å²) in [4.78, 5) is 18.9. The highest BCUT2D eigenvalue weighted by atomic mass is 19.1. The Hall–Kier alpha value is -3.73. The van der Waals surface area contributed by atoms with E-state index in [0.717, 1.165) is 82.2 Å². The number of fused-ring (bicyclic) bond motifs is 3.